The van der Waals surface area contributed by atoms with Gasteiger partial charge in [0.1, 0.15) is 0 Å². The zero-order chi connectivity index (χ0) is 9.07. The molecular formula is C12H18. The summed E-state index contributed by atoms with van der Waals surface area (Å²) in [7, 11) is 0. The molecule has 0 fully saturated rings. The summed E-state index contributed by atoms with van der Waals surface area (Å²) in [6, 6.07) is 0. The Balaban J connectivity index is 3.45. The topological polar surface area (TPSA) is 0 Å². The van der Waals surface area contributed by atoms with Crippen molar-refractivity contribution in [3.8, 4) is 0 Å². The fraction of sp³-hybridized carbons (Fsp3) is 0.333. The van der Waals surface area contributed by atoms with Crippen LogP contribution in [0, 0.1) is 0 Å². The van der Waals surface area contributed by atoms with Gasteiger partial charge in [-0.3, -0.25) is 0 Å². The van der Waals surface area contributed by atoms with Gasteiger partial charge in [0.2, 0.25) is 0 Å². The minimum atomic E-state index is 1.03. The fourth-order valence-electron chi connectivity index (χ4n) is 0.715. The molecule has 0 bridgehead atoms. The van der Waals surface area contributed by atoms with E-state index >= 15 is 0 Å². The zero-order valence-corrected chi connectivity index (χ0v) is 8.03. The molecule has 0 radical (unpaired) electrons. The standard InChI is InChI=1S/C12H18/c1-3-5-7-9-11-12-10-8-6-4-2/h3,5-6,8-12H,4,7H2,1-2H3/b5-3+,8-6+,11-9+,12-10+. The van der Waals surface area contributed by atoms with Crippen molar-refractivity contribution in [1.29, 1.82) is 0 Å². The van der Waals surface area contributed by atoms with Gasteiger partial charge in [0, 0.05) is 0 Å². The summed E-state index contributed by atoms with van der Waals surface area (Å²) < 4.78 is 0. The quantitative estimate of drug-likeness (QED) is 0.423. The van der Waals surface area contributed by atoms with Crippen LogP contribution in [0.4, 0.5) is 0 Å². The van der Waals surface area contributed by atoms with Gasteiger partial charge in [-0.2, -0.15) is 0 Å². The molecule has 0 spiro atoms. The molecule has 0 saturated carbocycles. The van der Waals surface area contributed by atoms with Gasteiger partial charge >= 0.3 is 0 Å². The van der Waals surface area contributed by atoms with Crippen molar-refractivity contribution >= 4 is 0 Å². The molecule has 0 aromatic heterocycles. The van der Waals surface area contributed by atoms with Gasteiger partial charge < -0.3 is 0 Å². The molecule has 0 nitrogen and oxygen atoms in total. The van der Waals surface area contributed by atoms with Crippen molar-refractivity contribution in [2.24, 2.45) is 0 Å². The highest BCUT2D eigenvalue weighted by atomic mass is 13.7. The second-order valence-electron chi connectivity index (χ2n) is 2.45. The highest BCUT2D eigenvalue weighted by Gasteiger charge is 1.66. The highest BCUT2D eigenvalue weighted by Crippen LogP contribution is 1.87. The Morgan fingerprint density at radius 2 is 1.50 bits per heavy atom. The monoisotopic (exact) mass is 162 g/mol. The summed E-state index contributed by atoms with van der Waals surface area (Å²) in [6.45, 7) is 4.17. The van der Waals surface area contributed by atoms with Crippen LogP contribution in [-0.4, -0.2) is 0 Å². The number of rotatable bonds is 5. The van der Waals surface area contributed by atoms with E-state index in [4.69, 9.17) is 0 Å². The minimum absolute atomic E-state index is 1.03. The van der Waals surface area contributed by atoms with Crippen molar-refractivity contribution in [1.82, 2.24) is 0 Å². The molecule has 0 aliphatic heterocycles. The van der Waals surface area contributed by atoms with Crippen molar-refractivity contribution < 1.29 is 0 Å². The molecule has 0 heterocycles. The molecule has 0 saturated heterocycles. The summed E-state index contributed by atoms with van der Waals surface area (Å²) in [4.78, 5) is 0. The Hall–Kier alpha value is -1.04. The van der Waals surface area contributed by atoms with E-state index in [0.717, 1.165) is 12.8 Å². The summed E-state index contributed by atoms with van der Waals surface area (Å²) in [5.74, 6) is 0. The molecule has 0 rings (SSSR count). The maximum Gasteiger partial charge on any atom is -0.0166 e. The molecule has 0 aromatic carbocycles. The van der Waals surface area contributed by atoms with E-state index in [2.05, 4.69) is 55.5 Å². The van der Waals surface area contributed by atoms with Crippen LogP contribution in [0.5, 0.6) is 0 Å². The van der Waals surface area contributed by atoms with Crippen LogP contribution in [0.25, 0.3) is 0 Å². The molecule has 0 atom stereocenters. The van der Waals surface area contributed by atoms with Crippen LogP contribution in [0.3, 0.4) is 0 Å². The second-order valence-corrected chi connectivity index (χ2v) is 2.45. The SMILES string of the molecule is C/C=C/C/C=C/C=C/C=C/CC. The summed E-state index contributed by atoms with van der Waals surface area (Å²) >= 11 is 0. The lowest BCUT2D eigenvalue weighted by Gasteiger charge is -1.77. The van der Waals surface area contributed by atoms with Crippen molar-refractivity contribution in [3.05, 3.63) is 48.6 Å². The van der Waals surface area contributed by atoms with Gasteiger partial charge in [-0.15, -0.1) is 0 Å². The van der Waals surface area contributed by atoms with Crippen molar-refractivity contribution in [2.45, 2.75) is 26.7 Å². The van der Waals surface area contributed by atoms with Gasteiger partial charge in [0.15, 0.2) is 0 Å². The predicted molar refractivity (Wildman–Crippen MR) is 57.1 cm³/mol. The number of hydrogen-bond acceptors (Lipinski definition) is 0. The van der Waals surface area contributed by atoms with E-state index in [0.29, 0.717) is 0 Å². The first-order chi connectivity index (χ1) is 5.91. The van der Waals surface area contributed by atoms with Gasteiger partial charge in [-0.1, -0.05) is 55.5 Å². The summed E-state index contributed by atoms with van der Waals surface area (Å²) in [5, 5.41) is 0. The summed E-state index contributed by atoms with van der Waals surface area (Å²) in [6.07, 6.45) is 18.8. The van der Waals surface area contributed by atoms with Crippen molar-refractivity contribution in [3.63, 3.8) is 0 Å². The predicted octanol–water partition coefficient (Wildman–Crippen LogP) is 4.03. The number of hydrogen-bond donors (Lipinski definition) is 0. The fourth-order valence-corrected chi connectivity index (χ4v) is 0.715. The molecule has 66 valence electrons. The molecule has 0 aliphatic rings. The first kappa shape index (κ1) is 11.0. The number of allylic oxidation sites excluding steroid dienone is 8. The maximum atomic E-state index is 2.14. The molecule has 0 aliphatic carbocycles. The molecule has 0 amide bonds. The van der Waals surface area contributed by atoms with Gasteiger partial charge in [-0.05, 0) is 19.8 Å². The molecule has 0 unspecified atom stereocenters. The maximum absolute atomic E-state index is 2.14. The molecule has 12 heavy (non-hydrogen) atoms. The van der Waals surface area contributed by atoms with Crippen LogP contribution in [-0.2, 0) is 0 Å². The second kappa shape index (κ2) is 9.96. The van der Waals surface area contributed by atoms with Gasteiger partial charge in [-0.25, -0.2) is 0 Å². The van der Waals surface area contributed by atoms with Crippen LogP contribution < -0.4 is 0 Å². The van der Waals surface area contributed by atoms with Crippen LogP contribution in [0.1, 0.15) is 26.7 Å². The van der Waals surface area contributed by atoms with E-state index in [9.17, 15) is 0 Å². The molecule has 0 aromatic rings. The first-order valence-corrected chi connectivity index (χ1v) is 4.51. The van der Waals surface area contributed by atoms with Crippen LogP contribution in [0.2, 0.25) is 0 Å². The van der Waals surface area contributed by atoms with E-state index in [1.165, 1.54) is 0 Å². The Morgan fingerprint density at radius 3 is 2.08 bits per heavy atom. The Bertz CT molecular complexity index is 180. The van der Waals surface area contributed by atoms with Gasteiger partial charge in [0.25, 0.3) is 0 Å². The van der Waals surface area contributed by atoms with E-state index in [1.54, 1.807) is 0 Å². The van der Waals surface area contributed by atoms with Crippen LogP contribution >= 0.6 is 0 Å². The van der Waals surface area contributed by atoms with E-state index in [-0.39, 0.29) is 0 Å². The lowest BCUT2D eigenvalue weighted by atomic mass is 10.3. The molecule has 0 N–H and O–H groups in total. The molecular weight excluding hydrogens is 144 g/mol. The zero-order valence-electron chi connectivity index (χ0n) is 8.03. The Morgan fingerprint density at radius 1 is 0.833 bits per heavy atom. The third kappa shape index (κ3) is 8.96. The largest absolute Gasteiger partial charge is 0.0914 e. The normalized spacial score (nSPS) is 13.2. The average molecular weight is 162 g/mol. The van der Waals surface area contributed by atoms with Gasteiger partial charge in [0.05, 0.1) is 0 Å². The first-order valence-electron chi connectivity index (χ1n) is 4.51. The van der Waals surface area contributed by atoms with Crippen molar-refractivity contribution in [2.75, 3.05) is 0 Å². The Kier molecular flexibility index (Phi) is 9.10. The Labute approximate surface area is 76.0 Å². The highest BCUT2D eigenvalue weighted by molar-refractivity contribution is 5.11. The average Bonchev–Trinajstić information content (AvgIpc) is 2.10. The lowest BCUT2D eigenvalue weighted by molar-refractivity contribution is 1.22. The summed E-state index contributed by atoms with van der Waals surface area (Å²) in [5.41, 5.74) is 0. The van der Waals surface area contributed by atoms with E-state index < -0.39 is 0 Å². The minimum Gasteiger partial charge on any atom is -0.0914 e. The van der Waals surface area contributed by atoms with Crippen LogP contribution in [0.15, 0.2) is 48.6 Å². The third-order valence-corrected chi connectivity index (χ3v) is 1.35. The third-order valence-electron chi connectivity index (χ3n) is 1.35. The lowest BCUT2D eigenvalue weighted by Crippen LogP contribution is -1.56. The van der Waals surface area contributed by atoms with E-state index in [1.807, 2.05) is 6.92 Å². The molecule has 0 heteroatoms. The smallest absolute Gasteiger partial charge is 0.0166 e.